The fourth-order valence-corrected chi connectivity index (χ4v) is 3.81. The van der Waals surface area contributed by atoms with Crippen molar-refractivity contribution in [2.24, 2.45) is 5.92 Å². The first kappa shape index (κ1) is 22.6. The van der Waals surface area contributed by atoms with Gasteiger partial charge in [0.15, 0.2) is 0 Å². The number of anilines is 2. The van der Waals surface area contributed by atoms with Crippen LogP contribution in [0.15, 0.2) is 48.5 Å². The van der Waals surface area contributed by atoms with E-state index < -0.39 is 0 Å². The van der Waals surface area contributed by atoms with Crippen molar-refractivity contribution in [3.05, 3.63) is 53.6 Å². The Balaban J connectivity index is 1.54. The Morgan fingerprint density at radius 2 is 1.90 bits per heavy atom. The molecule has 2 N–H and O–H groups in total. The van der Waals surface area contributed by atoms with E-state index in [1.807, 2.05) is 35.2 Å². The van der Waals surface area contributed by atoms with Gasteiger partial charge in [0.1, 0.15) is 5.75 Å². The maximum atomic E-state index is 12.9. The number of aromatic hydroxyl groups is 1. The molecule has 0 spiro atoms. The van der Waals surface area contributed by atoms with Crippen molar-refractivity contribution in [3.63, 3.8) is 0 Å². The fourth-order valence-electron chi connectivity index (χ4n) is 3.64. The van der Waals surface area contributed by atoms with Crippen molar-refractivity contribution in [2.75, 3.05) is 36.4 Å². The lowest BCUT2D eigenvalue weighted by Gasteiger charge is -2.32. The van der Waals surface area contributed by atoms with Gasteiger partial charge in [0.05, 0.1) is 24.7 Å². The molecule has 2 aromatic carbocycles. The Morgan fingerprint density at radius 3 is 2.58 bits per heavy atom. The zero-order valence-electron chi connectivity index (χ0n) is 17.1. The number of nitrogens with zero attached hydrogens (tertiary/aromatic N) is 3. The lowest BCUT2D eigenvalue weighted by atomic mass is 9.95. The predicted octanol–water partition coefficient (Wildman–Crippen LogP) is 3.64. The van der Waals surface area contributed by atoms with Gasteiger partial charge in [0.2, 0.25) is 11.8 Å². The molecule has 0 aromatic heterocycles. The predicted molar refractivity (Wildman–Crippen MR) is 120 cm³/mol. The van der Waals surface area contributed by atoms with Crippen molar-refractivity contribution in [3.8, 4) is 11.8 Å². The van der Waals surface area contributed by atoms with Gasteiger partial charge in [0, 0.05) is 23.2 Å². The molecule has 7 nitrogen and oxygen atoms in total. The molecule has 1 aliphatic heterocycles. The third-order valence-corrected chi connectivity index (χ3v) is 5.58. The van der Waals surface area contributed by atoms with Gasteiger partial charge in [-0.25, -0.2) is 0 Å². The number of piperidine rings is 1. The van der Waals surface area contributed by atoms with Crippen molar-refractivity contribution in [2.45, 2.75) is 19.3 Å². The second-order valence-corrected chi connectivity index (χ2v) is 7.93. The number of likely N-dealkylation sites (tertiary alicyclic amines) is 1. The SMILES string of the molecule is N#CCCN(C(=O)CN1CCC(C(=O)Nc2cc(Cl)ccc2O)CC1)c1ccccc1. The molecule has 31 heavy (non-hydrogen) atoms. The van der Waals surface area contributed by atoms with Crippen LogP contribution in [0, 0.1) is 17.2 Å². The van der Waals surface area contributed by atoms with Crippen molar-refractivity contribution in [1.29, 1.82) is 5.26 Å². The minimum atomic E-state index is -0.200. The third-order valence-electron chi connectivity index (χ3n) is 5.35. The van der Waals surface area contributed by atoms with Gasteiger partial charge < -0.3 is 15.3 Å². The zero-order valence-corrected chi connectivity index (χ0v) is 17.9. The minimum absolute atomic E-state index is 0.0286. The number of hydrogen-bond donors (Lipinski definition) is 2. The summed E-state index contributed by atoms with van der Waals surface area (Å²) >= 11 is 5.93. The summed E-state index contributed by atoms with van der Waals surface area (Å²) < 4.78 is 0. The Kier molecular flexibility index (Phi) is 7.88. The molecule has 3 rings (SSSR count). The minimum Gasteiger partial charge on any atom is -0.506 e. The van der Waals surface area contributed by atoms with Gasteiger partial charge in [-0.3, -0.25) is 14.5 Å². The van der Waals surface area contributed by atoms with E-state index in [1.54, 1.807) is 11.0 Å². The number of para-hydroxylation sites is 1. The van der Waals surface area contributed by atoms with E-state index in [-0.39, 0.29) is 36.4 Å². The normalized spacial score (nSPS) is 14.6. The monoisotopic (exact) mass is 440 g/mol. The highest BCUT2D eigenvalue weighted by Crippen LogP contribution is 2.28. The first-order valence-electron chi connectivity index (χ1n) is 10.2. The van der Waals surface area contributed by atoms with E-state index in [0.717, 1.165) is 5.69 Å². The number of nitriles is 1. The van der Waals surface area contributed by atoms with Crippen LogP contribution in [0.5, 0.6) is 5.75 Å². The van der Waals surface area contributed by atoms with Crippen LogP contribution in [0.1, 0.15) is 19.3 Å². The molecule has 0 aliphatic carbocycles. The number of hydrogen-bond acceptors (Lipinski definition) is 5. The summed E-state index contributed by atoms with van der Waals surface area (Å²) in [5.41, 5.74) is 1.07. The summed E-state index contributed by atoms with van der Waals surface area (Å²) in [4.78, 5) is 29.2. The van der Waals surface area contributed by atoms with Crippen LogP contribution in [-0.4, -0.2) is 48.0 Å². The Hall–Kier alpha value is -3.08. The molecular weight excluding hydrogens is 416 g/mol. The van der Waals surface area contributed by atoms with Crippen LogP contribution >= 0.6 is 11.6 Å². The first-order valence-corrected chi connectivity index (χ1v) is 10.6. The van der Waals surface area contributed by atoms with Crippen molar-refractivity contribution >= 4 is 34.8 Å². The smallest absolute Gasteiger partial charge is 0.241 e. The van der Waals surface area contributed by atoms with Crippen LogP contribution in [0.4, 0.5) is 11.4 Å². The van der Waals surface area contributed by atoms with Crippen LogP contribution < -0.4 is 10.2 Å². The van der Waals surface area contributed by atoms with Crippen molar-refractivity contribution in [1.82, 2.24) is 4.90 Å². The van der Waals surface area contributed by atoms with E-state index in [4.69, 9.17) is 16.9 Å². The van der Waals surface area contributed by atoms with E-state index in [0.29, 0.717) is 43.2 Å². The van der Waals surface area contributed by atoms with E-state index >= 15 is 0 Å². The number of nitrogens with one attached hydrogen (secondary N) is 1. The molecule has 8 heteroatoms. The second kappa shape index (κ2) is 10.8. The van der Waals surface area contributed by atoms with Crippen LogP contribution in [0.25, 0.3) is 0 Å². The van der Waals surface area contributed by atoms with Gasteiger partial charge in [-0.05, 0) is 56.3 Å². The summed E-state index contributed by atoms with van der Waals surface area (Å²) in [7, 11) is 0. The lowest BCUT2D eigenvalue weighted by molar-refractivity contribution is -0.122. The Bertz CT molecular complexity index is 953. The van der Waals surface area contributed by atoms with E-state index in [2.05, 4.69) is 11.4 Å². The maximum absolute atomic E-state index is 12.9. The number of carbonyl (C=O) groups excluding carboxylic acids is 2. The molecule has 0 saturated carbocycles. The molecule has 0 bridgehead atoms. The molecule has 0 radical (unpaired) electrons. The number of carbonyl (C=O) groups is 2. The number of amides is 2. The highest BCUT2D eigenvalue weighted by Gasteiger charge is 2.27. The van der Waals surface area contributed by atoms with E-state index in [9.17, 15) is 14.7 Å². The number of phenolic OH excluding ortho intramolecular Hbond substituents is 1. The van der Waals surface area contributed by atoms with Gasteiger partial charge in [0.25, 0.3) is 0 Å². The van der Waals surface area contributed by atoms with Gasteiger partial charge in [-0.2, -0.15) is 5.26 Å². The Labute approximate surface area is 186 Å². The van der Waals surface area contributed by atoms with Gasteiger partial charge in [-0.1, -0.05) is 29.8 Å². The average molecular weight is 441 g/mol. The molecule has 2 aromatic rings. The van der Waals surface area contributed by atoms with Crippen LogP contribution in [0.3, 0.4) is 0 Å². The molecule has 0 unspecified atom stereocenters. The highest BCUT2D eigenvalue weighted by molar-refractivity contribution is 6.31. The largest absolute Gasteiger partial charge is 0.506 e. The number of halogens is 1. The average Bonchev–Trinajstić information content (AvgIpc) is 2.78. The molecular formula is C23H25ClN4O3. The summed E-state index contributed by atoms with van der Waals surface area (Å²) in [6.07, 6.45) is 1.49. The number of benzene rings is 2. The molecule has 0 atom stereocenters. The summed E-state index contributed by atoms with van der Waals surface area (Å²) in [6, 6.07) is 15.9. The fraction of sp³-hybridized carbons (Fsp3) is 0.348. The highest BCUT2D eigenvalue weighted by atomic mass is 35.5. The quantitative estimate of drug-likeness (QED) is 0.640. The number of phenols is 1. The lowest BCUT2D eigenvalue weighted by Crippen LogP contribution is -2.45. The molecule has 1 saturated heterocycles. The zero-order chi connectivity index (χ0) is 22.2. The van der Waals surface area contributed by atoms with Gasteiger partial charge in [-0.15, -0.1) is 0 Å². The maximum Gasteiger partial charge on any atom is 0.241 e. The second-order valence-electron chi connectivity index (χ2n) is 7.49. The first-order chi connectivity index (χ1) is 15.0. The molecule has 1 fully saturated rings. The van der Waals surface area contributed by atoms with Gasteiger partial charge >= 0.3 is 0 Å². The van der Waals surface area contributed by atoms with E-state index in [1.165, 1.54) is 12.1 Å². The van der Waals surface area contributed by atoms with Crippen LogP contribution in [0.2, 0.25) is 5.02 Å². The summed E-state index contributed by atoms with van der Waals surface area (Å²) in [5, 5.41) is 22.0. The Morgan fingerprint density at radius 1 is 1.19 bits per heavy atom. The molecule has 1 heterocycles. The molecule has 1 aliphatic rings. The number of rotatable bonds is 7. The summed E-state index contributed by atoms with van der Waals surface area (Å²) in [5.74, 6) is -0.454. The summed E-state index contributed by atoms with van der Waals surface area (Å²) in [6.45, 7) is 1.82. The topological polar surface area (TPSA) is 96.7 Å². The van der Waals surface area contributed by atoms with Crippen molar-refractivity contribution < 1.29 is 14.7 Å². The molecule has 162 valence electrons. The van der Waals surface area contributed by atoms with Crippen LogP contribution in [-0.2, 0) is 9.59 Å². The third kappa shape index (κ3) is 6.20. The standard InChI is InChI=1S/C23H25ClN4O3/c24-18-7-8-21(29)20(15-18)26-23(31)17-9-13-27(14-10-17)16-22(30)28(12-4-11-25)19-5-2-1-3-6-19/h1-3,5-8,15,17,29H,4,9-10,12-14,16H2,(H,26,31). The molecule has 2 amide bonds.